The number of aryl methyl sites for hydroxylation is 1. The zero-order valence-corrected chi connectivity index (χ0v) is 21.4. The van der Waals surface area contributed by atoms with Gasteiger partial charge in [-0.25, -0.2) is 9.78 Å². The number of pyridine rings is 1. The minimum Gasteiger partial charge on any atom is -0.465 e. The van der Waals surface area contributed by atoms with Gasteiger partial charge in [0.15, 0.2) is 0 Å². The number of carboxylic acid groups (broad SMARTS) is 1. The summed E-state index contributed by atoms with van der Waals surface area (Å²) in [4.78, 5) is 36.8. The molecular formula is C29H30N6O3. The molecule has 3 aromatic heterocycles. The molecule has 2 fully saturated rings. The van der Waals surface area contributed by atoms with E-state index in [9.17, 15) is 14.7 Å². The molecule has 4 aromatic rings. The van der Waals surface area contributed by atoms with Crippen molar-refractivity contribution in [1.29, 1.82) is 0 Å². The molecule has 1 aliphatic carbocycles. The minimum atomic E-state index is -0.895. The molecule has 2 aliphatic heterocycles. The number of benzene rings is 1. The number of nitrogens with zero attached hydrogens (tertiary/aromatic N) is 5. The summed E-state index contributed by atoms with van der Waals surface area (Å²) in [6.45, 7) is 3.67. The standard InChI is InChI=1S/C29H30N6O3/c1-17-12-30-27-23(17)11-20(13-31-27)19-9-18-6-8-33(28(36)21-14-32-35(15-21)22-4-5-22)16-25(18)24(10-19)26-3-2-7-34(26)29(37)38/h9-15,22,26H,2-8,16H2,1H3,(H,30,31)(H,37,38). The van der Waals surface area contributed by atoms with Crippen molar-refractivity contribution in [2.75, 3.05) is 13.1 Å². The number of hydrogen-bond acceptors (Lipinski definition) is 4. The zero-order chi connectivity index (χ0) is 26.0. The number of hydrogen-bond donors (Lipinski definition) is 2. The van der Waals surface area contributed by atoms with Crippen LogP contribution in [0.3, 0.4) is 0 Å². The molecule has 0 spiro atoms. The normalized spacial score (nSPS) is 19.2. The summed E-state index contributed by atoms with van der Waals surface area (Å²) in [6, 6.07) is 6.70. The van der Waals surface area contributed by atoms with Crippen molar-refractivity contribution in [2.24, 2.45) is 0 Å². The number of likely N-dealkylation sites (tertiary alicyclic amines) is 1. The predicted molar refractivity (Wildman–Crippen MR) is 142 cm³/mol. The monoisotopic (exact) mass is 510 g/mol. The van der Waals surface area contributed by atoms with Gasteiger partial charge in [-0.1, -0.05) is 6.07 Å². The Kier molecular flexibility index (Phi) is 5.28. The van der Waals surface area contributed by atoms with Gasteiger partial charge in [0.25, 0.3) is 5.91 Å². The van der Waals surface area contributed by atoms with Crippen LogP contribution in [0.2, 0.25) is 0 Å². The summed E-state index contributed by atoms with van der Waals surface area (Å²) in [6.07, 6.45) is 11.0. The maximum Gasteiger partial charge on any atom is 0.407 e. The third-order valence-electron chi connectivity index (χ3n) is 8.36. The smallest absolute Gasteiger partial charge is 0.407 e. The topological polar surface area (TPSA) is 107 Å². The Balaban J connectivity index is 1.28. The second-order valence-electron chi connectivity index (χ2n) is 10.8. The van der Waals surface area contributed by atoms with Crippen LogP contribution in [0.4, 0.5) is 4.79 Å². The van der Waals surface area contributed by atoms with Crippen LogP contribution in [0.5, 0.6) is 0 Å². The number of rotatable bonds is 4. The largest absolute Gasteiger partial charge is 0.465 e. The molecule has 1 atom stereocenters. The molecule has 3 aliphatic rings. The van der Waals surface area contributed by atoms with Gasteiger partial charge in [0.1, 0.15) is 5.65 Å². The van der Waals surface area contributed by atoms with Crippen molar-refractivity contribution in [3.63, 3.8) is 0 Å². The van der Waals surface area contributed by atoms with E-state index in [1.54, 1.807) is 11.1 Å². The summed E-state index contributed by atoms with van der Waals surface area (Å²) in [5, 5.41) is 15.4. The Bertz CT molecular complexity index is 1580. The van der Waals surface area contributed by atoms with Crippen LogP contribution in [0.1, 0.15) is 70.4 Å². The second kappa shape index (κ2) is 8.72. The SMILES string of the molecule is Cc1c[nH]c2ncc(-c3cc4c(c(C5CCCN5C(=O)O)c3)CN(C(=O)c3cnn(C5CC5)c3)CC4)cc12. The molecule has 1 unspecified atom stereocenters. The number of fused-ring (bicyclic) bond motifs is 2. The first-order chi connectivity index (χ1) is 18.5. The number of amides is 2. The highest BCUT2D eigenvalue weighted by Crippen LogP contribution is 2.40. The molecule has 194 valence electrons. The van der Waals surface area contributed by atoms with Crippen LogP contribution >= 0.6 is 0 Å². The van der Waals surface area contributed by atoms with Crippen LogP contribution in [0, 0.1) is 6.92 Å². The van der Waals surface area contributed by atoms with Crippen LogP contribution in [0.25, 0.3) is 22.2 Å². The second-order valence-corrected chi connectivity index (χ2v) is 10.8. The average Bonchev–Trinajstić information content (AvgIpc) is 3.30. The van der Waals surface area contributed by atoms with Crippen molar-refractivity contribution < 1.29 is 14.7 Å². The molecule has 7 rings (SSSR count). The van der Waals surface area contributed by atoms with Gasteiger partial charge >= 0.3 is 6.09 Å². The Morgan fingerprint density at radius 2 is 1.95 bits per heavy atom. The van der Waals surface area contributed by atoms with Crippen molar-refractivity contribution in [3.8, 4) is 11.1 Å². The van der Waals surface area contributed by atoms with Gasteiger partial charge in [0, 0.05) is 49.2 Å². The summed E-state index contributed by atoms with van der Waals surface area (Å²) >= 11 is 0. The van der Waals surface area contributed by atoms with Gasteiger partial charge in [-0.3, -0.25) is 9.48 Å². The first-order valence-corrected chi connectivity index (χ1v) is 13.4. The summed E-state index contributed by atoms with van der Waals surface area (Å²) in [5.74, 6) is -0.0170. The lowest BCUT2D eigenvalue weighted by atomic mass is 9.86. The highest BCUT2D eigenvalue weighted by atomic mass is 16.4. The van der Waals surface area contributed by atoms with Gasteiger partial charge < -0.3 is 19.9 Å². The Morgan fingerprint density at radius 3 is 2.76 bits per heavy atom. The molecule has 38 heavy (non-hydrogen) atoms. The fourth-order valence-electron chi connectivity index (χ4n) is 6.12. The highest BCUT2D eigenvalue weighted by Gasteiger charge is 2.35. The number of H-pyrrole nitrogens is 1. The lowest BCUT2D eigenvalue weighted by Crippen LogP contribution is -2.37. The third-order valence-corrected chi connectivity index (χ3v) is 8.36. The number of carbonyl (C=O) groups is 2. The quantitative estimate of drug-likeness (QED) is 0.398. The molecular weight excluding hydrogens is 480 g/mol. The van der Waals surface area contributed by atoms with E-state index in [0.717, 1.165) is 71.0 Å². The molecule has 0 radical (unpaired) electrons. The van der Waals surface area contributed by atoms with Crippen molar-refractivity contribution in [2.45, 2.75) is 57.7 Å². The molecule has 0 bridgehead atoms. The van der Waals surface area contributed by atoms with E-state index >= 15 is 0 Å². The first-order valence-electron chi connectivity index (χ1n) is 13.4. The van der Waals surface area contributed by atoms with E-state index in [4.69, 9.17) is 0 Å². The number of aromatic amines is 1. The third kappa shape index (κ3) is 3.84. The lowest BCUT2D eigenvalue weighted by Gasteiger charge is -2.33. The minimum absolute atomic E-state index is 0.0170. The van der Waals surface area contributed by atoms with E-state index < -0.39 is 6.09 Å². The molecule has 9 nitrogen and oxygen atoms in total. The Morgan fingerprint density at radius 1 is 1.08 bits per heavy atom. The average molecular weight is 511 g/mol. The van der Waals surface area contributed by atoms with Crippen molar-refractivity contribution in [1.82, 2.24) is 29.5 Å². The van der Waals surface area contributed by atoms with Crippen LogP contribution in [0.15, 0.2) is 43.0 Å². The highest BCUT2D eigenvalue weighted by molar-refractivity contribution is 5.94. The molecule has 9 heteroatoms. The van der Waals surface area contributed by atoms with Crippen LogP contribution in [-0.4, -0.2) is 59.7 Å². The number of carbonyl (C=O) groups excluding carboxylic acids is 1. The molecule has 1 saturated heterocycles. The lowest BCUT2D eigenvalue weighted by molar-refractivity contribution is 0.0732. The van der Waals surface area contributed by atoms with Crippen molar-refractivity contribution in [3.05, 3.63) is 70.8 Å². The fraction of sp³-hybridized carbons (Fsp3) is 0.379. The van der Waals surface area contributed by atoms with Crippen LogP contribution in [-0.2, 0) is 13.0 Å². The maximum absolute atomic E-state index is 13.4. The molecule has 2 amide bonds. The number of nitrogens with one attached hydrogen (secondary N) is 1. The summed E-state index contributed by atoms with van der Waals surface area (Å²) in [7, 11) is 0. The van der Waals surface area contributed by atoms with Crippen LogP contribution < -0.4 is 0 Å². The maximum atomic E-state index is 13.4. The Labute approximate surface area is 220 Å². The van der Waals surface area contributed by atoms with E-state index in [-0.39, 0.29) is 11.9 Å². The molecule has 5 heterocycles. The molecule has 2 N–H and O–H groups in total. The van der Waals surface area contributed by atoms with Gasteiger partial charge in [-0.15, -0.1) is 0 Å². The first kappa shape index (κ1) is 23.0. The fourth-order valence-corrected chi connectivity index (χ4v) is 6.12. The van der Waals surface area contributed by atoms with E-state index in [1.807, 2.05) is 28.2 Å². The van der Waals surface area contributed by atoms with E-state index in [0.29, 0.717) is 31.2 Å². The number of aromatic nitrogens is 4. The van der Waals surface area contributed by atoms with Gasteiger partial charge in [0.2, 0.25) is 0 Å². The van der Waals surface area contributed by atoms with Gasteiger partial charge in [-0.2, -0.15) is 5.10 Å². The predicted octanol–water partition coefficient (Wildman–Crippen LogP) is 5.08. The Hall–Kier alpha value is -4.14. The van der Waals surface area contributed by atoms with Gasteiger partial charge in [-0.05, 0) is 79.0 Å². The van der Waals surface area contributed by atoms with E-state index in [2.05, 4.69) is 40.2 Å². The zero-order valence-electron chi connectivity index (χ0n) is 21.4. The molecule has 1 saturated carbocycles. The van der Waals surface area contributed by atoms with Gasteiger partial charge in [0.05, 0.1) is 23.8 Å². The van der Waals surface area contributed by atoms with Crippen molar-refractivity contribution >= 4 is 23.0 Å². The van der Waals surface area contributed by atoms with E-state index in [1.165, 1.54) is 5.56 Å². The summed E-state index contributed by atoms with van der Waals surface area (Å²) in [5.41, 5.74) is 7.93. The summed E-state index contributed by atoms with van der Waals surface area (Å²) < 4.78 is 1.91. The molecule has 1 aromatic carbocycles.